The van der Waals surface area contributed by atoms with Crippen LogP contribution in [0, 0.1) is 0 Å². The molecule has 3 aromatic heterocycles. The number of fused-ring (bicyclic) bond motifs is 3. The summed E-state index contributed by atoms with van der Waals surface area (Å²) in [5.74, 6) is -0.329. The van der Waals surface area contributed by atoms with E-state index in [1.807, 2.05) is 16.0 Å². The zero-order valence-electron chi connectivity index (χ0n) is 12.5. The topological polar surface area (TPSA) is 46.4 Å². The smallest absolute Gasteiger partial charge is 0.347 e. The lowest BCUT2D eigenvalue weighted by molar-refractivity contribution is -0.137. The van der Waals surface area contributed by atoms with Crippen LogP contribution in [0.3, 0.4) is 0 Å². The Morgan fingerprint density at radius 3 is 2.92 bits per heavy atom. The third-order valence-corrected chi connectivity index (χ3v) is 5.44. The summed E-state index contributed by atoms with van der Waals surface area (Å²) in [6, 6.07) is 6.67. The first-order valence-electron chi connectivity index (χ1n) is 7.21. The molecule has 0 saturated heterocycles. The molecule has 4 aromatic rings. The first-order chi connectivity index (χ1) is 11.9. The van der Waals surface area contributed by atoms with Crippen LogP contribution in [0.4, 0.5) is 13.2 Å². The molecule has 0 bridgehead atoms. The number of halogens is 3. The number of hydrogen-bond acceptors (Lipinski definition) is 4. The molecule has 9 heteroatoms. The molecule has 3 heterocycles. The third kappa shape index (κ3) is 3.00. The van der Waals surface area contributed by atoms with Gasteiger partial charge in [-0.25, -0.2) is 4.98 Å². The predicted molar refractivity (Wildman–Crippen MR) is 91.1 cm³/mol. The number of carbonyl (C=O) groups is 1. The van der Waals surface area contributed by atoms with Gasteiger partial charge in [0.25, 0.3) is 5.91 Å². The fraction of sp³-hybridized carbons (Fsp3) is 0.125. The number of amides is 1. The van der Waals surface area contributed by atoms with E-state index in [1.54, 1.807) is 12.1 Å². The van der Waals surface area contributed by atoms with Crippen LogP contribution in [0.2, 0.25) is 0 Å². The number of nitrogens with zero attached hydrogens (tertiary/aromatic N) is 2. The normalized spacial score (nSPS) is 12.1. The lowest BCUT2D eigenvalue weighted by Crippen LogP contribution is -2.22. The summed E-state index contributed by atoms with van der Waals surface area (Å²) in [7, 11) is 0. The highest BCUT2D eigenvalue weighted by atomic mass is 32.1. The van der Waals surface area contributed by atoms with E-state index < -0.39 is 11.7 Å². The van der Waals surface area contributed by atoms with Crippen molar-refractivity contribution >= 4 is 43.9 Å². The van der Waals surface area contributed by atoms with E-state index >= 15 is 0 Å². The molecule has 0 aliphatic carbocycles. The van der Waals surface area contributed by atoms with Crippen molar-refractivity contribution in [2.45, 2.75) is 12.7 Å². The Hall–Kier alpha value is -2.39. The monoisotopic (exact) mass is 381 g/mol. The van der Waals surface area contributed by atoms with E-state index in [-0.39, 0.29) is 12.5 Å². The van der Waals surface area contributed by atoms with E-state index in [2.05, 4.69) is 10.3 Å². The standard InChI is InChI=1S/C16H10F3N3OS2/c17-16(18,19)10-3-1-2-9(6-10)8-20-13(23)12-7-11-14(25-12)21-15-22(11)4-5-24-15/h1-7H,8H2,(H,20,23). The van der Waals surface area contributed by atoms with Gasteiger partial charge in [0.2, 0.25) is 0 Å². The van der Waals surface area contributed by atoms with Crippen LogP contribution in [0.1, 0.15) is 20.8 Å². The minimum Gasteiger partial charge on any atom is -0.347 e. The molecule has 0 aliphatic heterocycles. The zero-order valence-corrected chi connectivity index (χ0v) is 14.1. The Bertz CT molecular complexity index is 1080. The SMILES string of the molecule is O=C(NCc1cccc(C(F)(F)F)c1)c1cc2c(nc3sccn32)s1. The zero-order chi connectivity index (χ0) is 17.6. The van der Waals surface area contributed by atoms with E-state index in [9.17, 15) is 18.0 Å². The molecular formula is C16H10F3N3OS2. The van der Waals surface area contributed by atoms with Crippen LogP contribution in [-0.4, -0.2) is 15.3 Å². The predicted octanol–water partition coefficient (Wildman–Crippen LogP) is 4.56. The van der Waals surface area contributed by atoms with Crippen molar-refractivity contribution < 1.29 is 18.0 Å². The number of alkyl halides is 3. The maximum absolute atomic E-state index is 12.7. The maximum atomic E-state index is 12.7. The first-order valence-corrected chi connectivity index (χ1v) is 8.91. The summed E-state index contributed by atoms with van der Waals surface area (Å²) in [5.41, 5.74) is 0.520. The summed E-state index contributed by atoms with van der Waals surface area (Å²) < 4.78 is 40.1. The van der Waals surface area contributed by atoms with E-state index in [1.165, 1.54) is 28.7 Å². The molecule has 4 nitrogen and oxygen atoms in total. The first kappa shape index (κ1) is 16.1. The highest BCUT2D eigenvalue weighted by Crippen LogP contribution is 2.30. The fourth-order valence-electron chi connectivity index (χ4n) is 2.49. The lowest BCUT2D eigenvalue weighted by Gasteiger charge is -2.09. The number of carbonyl (C=O) groups excluding carboxylic acids is 1. The van der Waals surface area contributed by atoms with Crippen molar-refractivity contribution in [1.82, 2.24) is 14.7 Å². The lowest BCUT2D eigenvalue weighted by atomic mass is 10.1. The quantitative estimate of drug-likeness (QED) is 0.566. The van der Waals surface area contributed by atoms with Crippen molar-refractivity contribution in [2.24, 2.45) is 0 Å². The Kier molecular flexibility index (Phi) is 3.77. The second-order valence-corrected chi connectivity index (χ2v) is 7.25. The molecule has 25 heavy (non-hydrogen) atoms. The largest absolute Gasteiger partial charge is 0.416 e. The maximum Gasteiger partial charge on any atom is 0.416 e. The molecule has 0 atom stereocenters. The summed E-state index contributed by atoms with van der Waals surface area (Å²) >= 11 is 2.77. The molecule has 1 aromatic carbocycles. The van der Waals surface area contributed by atoms with Crippen LogP contribution in [0.15, 0.2) is 41.9 Å². The molecular weight excluding hydrogens is 371 g/mol. The Labute approximate surface area is 147 Å². The molecule has 128 valence electrons. The Morgan fingerprint density at radius 1 is 1.28 bits per heavy atom. The number of nitrogens with one attached hydrogen (secondary N) is 1. The van der Waals surface area contributed by atoms with Crippen LogP contribution < -0.4 is 5.32 Å². The average Bonchev–Trinajstić information content (AvgIpc) is 3.23. The second kappa shape index (κ2) is 5.85. The number of aromatic nitrogens is 2. The summed E-state index contributed by atoms with van der Waals surface area (Å²) in [4.78, 5) is 18.8. The molecule has 0 saturated carbocycles. The number of rotatable bonds is 3. The van der Waals surface area contributed by atoms with Crippen LogP contribution >= 0.6 is 22.7 Å². The molecule has 1 N–H and O–H groups in total. The van der Waals surface area contributed by atoms with Gasteiger partial charge in [0.15, 0.2) is 4.96 Å². The molecule has 0 radical (unpaired) electrons. The number of benzene rings is 1. The highest BCUT2D eigenvalue weighted by molar-refractivity contribution is 7.21. The molecule has 0 unspecified atom stereocenters. The average molecular weight is 381 g/mol. The van der Waals surface area contributed by atoms with Gasteiger partial charge in [-0.05, 0) is 23.8 Å². The Balaban J connectivity index is 1.51. The van der Waals surface area contributed by atoms with Gasteiger partial charge < -0.3 is 5.32 Å². The molecule has 0 fully saturated rings. The minimum absolute atomic E-state index is 0.0271. The van der Waals surface area contributed by atoms with Gasteiger partial charge in [0.05, 0.1) is 16.0 Å². The van der Waals surface area contributed by atoms with E-state index in [0.29, 0.717) is 10.4 Å². The van der Waals surface area contributed by atoms with Crippen LogP contribution in [0.25, 0.3) is 15.3 Å². The number of hydrogen-bond donors (Lipinski definition) is 1. The molecule has 0 aliphatic rings. The number of thiophene rings is 1. The molecule has 4 rings (SSSR count). The van der Waals surface area contributed by atoms with Crippen molar-refractivity contribution in [1.29, 1.82) is 0 Å². The van der Waals surface area contributed by atoms with Gasteiger partial charge in [-0.3, -0.25) is 9.20 Å². The van der Waals surface area contributed by atoms with Crippen molar-refractivity contribution in [3.8, 4) is 0 Å². The van der Waals surface area contributed by atoms with Gasteiger partial charge >= 0.3 is 6.18 Å². The van der Waals surface area contributed by atoms with Gasteiger partial charge in [0.1, 0.15) is 4.83 Å². The van der Waals surface area contributed by atoms with Gasteiger partial charge in [0, 0.05) is 18.1 Å². The third-order valence-electron chi connectivity index (χ3n) is 3.67. The minimum atomic E-state index is -4.40. The van der Waals surface area contributed by atoms with Crippen molar-refractivity contribution in [3.05, 3.63) is 57.9 Å². The number of thiazole rings is 1. The van der Waals surface area contributed by atoms with Crippen molar-refractivity contribution in [3.63, 3.8) is 0 Å². The molecule has 1 amide bonds. The highest BCUT2D eigenvalue weighted by Gasteiger charge is 2.30. The van der Waals surface area contributed by atoms with Crippen LogP contribution in [-0.2, 0) is 12.7 Å². The van der Waals surface area contributed by atoms with Crippen LogP contribution in [0.5, 0.6) is 0 Å². The van der Waals surface area contributed by atoms with Gasteiger partial charge in [-0.2, -0.15) is 13.2 Å². The second-order valence-electron chi connectivity index (χ2n) is 5.35. The summed E-state index contributed by atoms with van der Waals surface area (Å²) in [5, 5.41) is 4.57. The Morgan fingerprint density at radius 2 is 2.12 bits per heavy atom. The molecule has 0 spiro atoms. The van der Waals surface area contributed by atoms with Gasteiger partial charge in [-0.15, -0.1) is 22.7 Å². The van der Waals surface area contributed by atoms with Crippen molar-refractivity contribution in [2.75, 3.05) is 0 Å². The summed E-state index contributed by atoms with van der Waals surface area (Å²) in [6.45, 7) is 0.0271. The van der Waals surface area contributed by atoms with E-state index in [4.69, 9.17) is 0 Å². The van der Waals surface area contributed by atoms with E-state index in [0.717, 1.165) is 27.4 Å². The fourth-order valence-corrected chi connectivity index (χ4v) is 4.20. The summed E-state index contributed by atoms with van der Waals surface area (Å²) in [6.07, 6.45) is -2.52. The number of imidazole rings is 1. The van der Waals surface area contributed by atoms with Gasteiger partial charge in [-0.1, -0.05) is 12.1 Å².